The van der Waals surface area contributed by atoms with Gasteiger partial charge in [-0.2, -0.15) is 5.26 Å². The van der Waals surface area contributed by atoms with E-state index in [1.807, 2.05) is 26.0 Å². The van der Waals surface area contributed by atoms with Crippen LogP contribution in [-0.4, -0.2) is 10.6 Å². The van der Waals surface area contributed by atoms with Gasteiger partial charge in [0.25, 0.3) is 0 Å². The first-order valence-electron chi connectivity index (χ1n) is 5.32. The molecule has 90 valence electrons. The van der Waals surface area contributed by atoms with Crippen molar-refractivity contribution in [3.63, 3.8) is 0 Å². The fourth-order valence-electron chi connectivity index (χ4n) is 1.50. The summed E-state index contributed by atoms with van der Waals surface area (Å²) in [5.41, 5.74) is 1.51. The van der Waals surface area contributed by atoms with E-state index in [1.165, 1.54) is 0 Å². The summed E-state index contributed by atoms with van der Waals surface area (Å²) in [7, 11) is 0. The molecule has 1 aromatic carbocycles. The molecule has 0 heterocycles. The molecule has 4 heteroatoms. The minimum absolute atomic E-state index is 0.00272. The minimum atomic E-state index is -0.233. The minimum Gasteiger partial charge on any atom is -0.298 e. The molecule has 2 nitrogen and oxygen atoms in total. The average molecular weight is 359 g/mol. The second-order valence-corrected chi connectivity index (χ2v) is 6.16. The fraction of sp³-hybridized carbons (Fsp3) is 0.385. The van der Waals surface area contributed by atoms with Gasteiger partial charge in [0.15, 0.2) is 0 Å². The van der Waals surface area contributed by atoms with Crippen LogP contribution >= 0.6 is 31.9 Å². The van der Waals surface area contributed by atoms with Gasteiger partial charge in [-0.15, -0.1) is 0 Å². The number of hydrogen-bond donors (Lipinski definition) is 0. The number of rotatable bonds is 4. The molecule has 0 amide bonds. The van der Waals surface area contributed by atoms with Crippen LogP contribution in [0.3, 0.4) is 0 Å². The highest BCUT2D eigenvalue weighted by Gasteiger charge is 2.19. The Hall–Kier alpha value is -0.660. The SMILES string of the molecule is CC(C)C(=O)C(Br)Cc1cc(Br)ccc1C#N. The number of benzene rings is 1. The quantitative estimate of drug-likeness (QED) is 0.767. The third-order valence-electron chi connectivity index (χ3n) is 2.46. The Morgan fingerprint density at radius 3 is 2.65 bits per heavy atom. The van der Waals surface area contributed by atoms with Gasteiger partial charge in [0.1, 0.15) is 5.78 Å². The maximum atomic E-state index is 11.8. The van der Waals surface area contributed by atoms with E-state index >= 15 is 0 Å². The molecule has 0 aliphatic carbocycles. The van der Waals surface area contributed by atoms with Crippen LogP contribution in [0.1, 0.15) is 25.0 Å². The van der Waals surface area contributed by atoms with E-state index < -0.39 is 0 Å². The van der Waals surface area contributed by atoms with Gasteiger partial charge in [-0.25, -0.2) is 0 Å². The molecule has 1 aromatic rings. The maximum absolute atomic E-state index is 11.8. The summed E-state index contributed by atoms with van der Waals surface area (Å²) in [6.45, 7) is 3.76. The lowest BCUT2D eigenvalue weighted by Crippen LogP contribution is -2.22. The van der Waals surface area contributed by atoms with E-state index in [0.29, 0.717) is 12.0 Å². The predicted molar refractivity (Wildman–Crippen MR) is 75.1 cm³/mol. The molecule has 0 aliphatic heterocycles. The normalized spacial score (nSPS) is 12.2. The molecule has 1 unspecified atom stereocenters. The summed E-state index contributed by atoms with van der Waals surface area (Å²) in [5, 5.41) is 9.00. The first-order valence-corrected chi connectivity index (χ1v) is 7.03. The molecule has 0 bridgehead atoms. The summed E-state index contributed by atoms with van der Waals surface area (Å²) >= 11 is 6.77. The van der Waals surface area contributed by atoms with Crippen molar-refractivity contribution in [2.24, 2.45) is 5.92 Å². The Labute approximate surface area is 118 Å². The molecule has 0 saturated carbocycles. The van der Waals surface area contributed by atoms with Crippen LogP contribution in [-0.2, 0) is 11.2 Å². The van der Waals surface area contributed by atoms with Crippen LogP contribution in [0.25, 0.3) is 0 Å². The number of halogens is 2. The number of nitriles is 1. The van der Waals surface area contributed by atoms with Crippen molar-refractivity contribution in [1.82, 2.24) is 0 Å². The van der Waals surface area contributed by atoms with Crippen molar-refractivity contribution < 1.29 is 4.79 Å². The highest BCUT2D eigenvalue weighted by Crippen LogP contribution is 2.21. The molecular weight excluding hydrogens is 346 g/mol. The monoisotopic (exact) mass is 357 g/mol. The van der Waals surface area contributed by atoms with Crippen LogP contribution in [0.5, 0.6) is 0 Å². The van der Waals surface area contributed by atoms with Crippen LogP contribution in [0, 0.1) is 17.2 Å². The van der Waals surface area contributed by atoms with Crippen molar-refractivity contribution >= 4 is 37.6 Å². The van der Waals surface area contributed by atoms with Gasteiger partial charge in [0.2, 0.25) is 0 Å². The van der Waals surface area contributed by atoms with E-state index in [1.54, 1.807) is 6.07 Å². The smallest absolute Gasteiger partial charge is 0.149 e. The topological polar surface area (TPSA) is 40.9 Å². The standard InChI is InChI=1S/C13H13Br2NO/c1-8(2)13(17)12(15)6-10-5-11(14)4-3-9(10)7-16/h3-5,8,12H,6H2,1-2H3. The van der Waals surface area contributed by atoms with Gasteiger partial charge in [-0.3, -0.25) is 4.79 Å². The van der Waals surface area contributed by atoms with Gasteiger partial charge in [-0.05, 0) is 30.2 Å². The third kappa shape index (κ3) is 3.93. The highest BCUT2D eigenvalue weighted by atomic mass is 79.9. The summed E-state index contributed by atoms with van der Waals surface area (Å²) in [6, 6.07) is 7.62. The van der Waals surface area contributed by atoms with E-state index in [-0.39, 0.29) is 16.5 Å². The van der Waals surface area contributed by atoms with Crippen molar-refractivity contribution in [2.75, 3.05) is 0 Å². The van der Waals surface area contributed by atoms with Gasteiger partial charge >= 0.3 is 0 Å². The van der Waals surface area contributed by atoms with Crippen molar-refractivity contribution in [2.45, 2.75) is 25.1 Å². The maximum Gasteiger partial charge on any atom is 0.149 e. The van der Waals surface area contributed by atoms with Crippen LogP contribution in [0.4, 0.5) is 0 Å². The molecule has 1 rings (SSSR count). The van der Waals surface area contributed by atoms with Gasteiger partial charge in [-0.1, -0.05) is 45.7 Å². The molecule has 0 radical (unpaired) electrons. The van der Waals surface area contributed by atoms with E-state index in [0.717, 1.165) is 10.0 Å². The predicted octanol–water partition coefficient (Wildman–Crippen LogP) is 3.85. The summed E-state index contributed by atoms with van der Waals surface area (Å²) < 4.78 is 0.920. The highest BCUT2D eigenvalue weighted by molar-refractivity contribution is 9.10. The molecule has 1 atom stereocenters. The number of ketones is 1. The Balaban J connectivity index is 2.92. The number of carbonyl (C=O) groups excluding carboxylic acids is 1. The molecule has 0 saturated heterocycles. The number of nitrogens with zero attached hydrogens (tertiary/aromatic N) is 1. The molecular formula is C13H13Br2NO. The summed E-state index contributed by atoms with van der Waals surface area (Å²) in [6.07, 6.45) is 0.541. The second kappa shape index (κ2) is 6.32. The zero-order valence-corrected chi connectivity index (χ0v) is 12.9. The Morgan fingerprint density at radius 2 is 2.12 bits per heavy atom. The summed E-state index contributed by atoms with van der Waals surface area (Å²) in [4.78, 5) is 11.6. The fourth-order valence-corrected chi connectivity index (χ4v) is 2.78. The average Bonchev–Trinajstić information content (AvgIpc) is 2.28. The van der Waals surface area contributed by atoms with Crippen molar-refractivity contribution in [3.05, 3.63) is 33.8 Å². The Kier molecular flexibility index (Phi) is 5.35. The van der Waals surface area contributed by atoms with E-state index in [4.69, 9.17) is 5.26 Å². The Bertz CT molecular complexity index is 463. The van der Waals surface area contributed by atoms with E-state index in [9.17, 15) is 4.79 Å². The molecule has 0 aliphatic rings. The largest absolute Gasteiger partial charge is 0.298 e. The van der Waals surface area contributed by atoms with Crippen LogP contribution < -0.4 is 0 Å². The first kappa shape index (κ1) is 14.4. The molecule has 0 N–H and O–H groups in total. The summed E-state index contributed by atoms with van der Waals surface area (Å²) in [5.74, 6) is 0.158. The zero-order valence-electron chi connectivity index (χ0n) is 9.71. The van der Waals surface area contributed by atoms with Gasteiger partial charge in [0, 0.05) is 10.4 Å². The number of hydrogen-bond acceptors (Lipinski definition) is 2. The van der Waals surface area contributed by atoms with Gasteiger partial charge < -0.3 is 0 Å². The lowest BCUT2D eigenvalue weighted by Gasteiger charge is -2.12. The first-order chi connectivity index (χ1) is 7.95. The van der Waals surface area contributed by atoms with Crippen LogP contribution in [0.2, 0.25) is 0 Å². The van der Waals surface area contributed by atoms with E-state index in [2.05, 4.69) is 37.9 Å². The lowest BCUT2D eigenvalue weighted by atomic mass is 9.98. The molecule has 0 fully saturated rings. The number of carbonyl (C=O) groups is 1. The number of alkyl halides is 1. The third-order valence-corrected chi connectivity index (χ3v) is 3.73. The zero-order chi connectivity index (χ0) is 13.0. The van der Waals surface area contributed by atoms with Crippen molar-refractivity contribution in [1.29, 1.82) is 5.26 Å². The lowest BCUT2D eigenvalue weighted by molar-refractivity contribution is -0.121. The molecule has 17 heavy (non-hydrogen) atoms. The second-order valence-electron chi connectivity index (χ2n) is 4.14. The number of Topliss-reactive ketones (excluding diaryl/α,β-unsaturated/α-hetero) is 1. The molecule has 0 spiro atoms. The Morgan fingerprint density at radius 1 is 1.47 bits per heavy atom. The van der Waals surface area contributed by atoms with Gasteiger partial charge in [0.05, 0.1) is 16.5 Å². The molecule has 0 aromatic heterocycles. The van der Waals surface area contributed by atoms with Crippen LogP contribution in [0.15, 0.2) is 22.7 Å². The van der Waals surface area contributed by atoms with Crippen molar-refractivity contribution in [3.8, 4) is 6.07 Å².